The first-order valence-corrected chi connectivity index (χ1v) is 8.86. The van der Waals surface area contributed by atoms with E-state index in [1.165, 1.54) is 0 Å². The molecule has 1 N–H and O–H groups in total. The van der Waals surface area contributed by atoms with Crippen molar-refractivity contribution in [3.63, 3.8) is 0 Å². The Labute approximate surface area is 159 Å². The molecule has 0 spiro atoms. The molecule has 138 valence electrons. The van der Waals surface area contributed by atoms with E-state index >= 15 is 0 Å². The maximum atomic E-state index is 13.5. The summed E-state index contributed by atoms with van der Waals surface area (Å²) in [5.74, 6) is -1.69. The van der Waals surface area contributed by atoms with Gasteiger partial charge in [0, 0.05) is 6.07 Å². The van der Waals surface area contributed by atoms with Crippen LogP contribution in [0.3, 0.4) is 0 Å². The molecule has 1 aliphatic rings. The number of halogens is 3. The minimum absolute atomic E-state index is 0.0545. The first-order valence-electron chi connectivity index (χ1n) is 8.10. The van der Waals surface area contributed by atoms with Gasteiger partial charge >= 0.3 is 5.97 Å². The fourth-order valence-corrected chi connectivity index (χ4v) is 3.38. The summed E-state index contributed by atoms with van der Waals surface area (Å²) < 4.78 is 20.2. The molecule has 1 heterocycles. The van der Waals surface area contributed by atoms with Crippen LogP contribution in [0, 0.1) is 5.82 Å². The normalized spacial score (nSPS) is 14.4. The number of anilines is 1. The Bertz CT molecular complexity index is 835. The monoisotopic (exact) mass is 399 g/mol. The molecule has 1 aliphatic carbocycles. The highest BCUT2D eigenvalue weighted by molar-refractivity contribution is 6.36. The van der Waals surface area contributed by atoms with Gasteiger partial charge in [0.15, 0.2) is 6.61 Å². The lowest BCUT2D eigenvalue weighted by Crippen LogP contribution is -2.23. The lowest BCUT2D eigenvalue weighted by Gasteiger charge is -2.14. The van der Waals surface area contributed by atoms with Crippen molar-refractivity contribution < 1.29 is 18.7 Å². The van der Waals surface area contributed by atoms with Crippen molar-refractivity contribution in [3.8, 4) is 0 Å². The van der Waals surface area contributed by atoms with Crippen molar-refractivity contribution in [1.29, 1.82) is 0 Å². The molecular weight excluding hydrogens is 384 g/mol. The number of esters is 1. The van der Waals surface area contributed by atoms with E-state index in [9.17, 15) is 14.0 Å². The zero-order chi connectivity index (χ0) is 18.7. The molecule has 0 radical (unpaired) electrons. The number of hydrogen-bond acceptors (Lipinski definition) is 4. The molecule has 1 saturated carbocycles. The van der Waals surface area contributed by atoms with Crippen molar-refractivity contribution >= 4 is 40.9 Å². The SMILES string of the molecule is O=C(COC(=O)c1cc(F)c(Cl)cc1Cl)Nc1ccnn1C1CCCC1. The largest absolute Gasteiger partial charge is 0.452 e. The van der Waals surface area contributed by atoms with Crippen LogP contribution in [0.1, 0.15) is 42.1 Å². The Balaban J connectivity index is 1.59. The number of ether oxygens (including phenoxy) is 1. The van der Waals surface area contributed by atoms with E-state index in [0.29, 0.717) is 5.82 Å². The van der Waals surface area contributed by atoms with Crippen LogP contribution in [0.4, 0.5) is 10.2 Å². The van der Waals surface area contributed by atoms with E-state index in [-0.39, 0.29) is 21.7 Å². The van der Waals surface area contributed by atoms with E-state index in [0.717, 1.165) is 37.8 Å². The van der Waals surface area contributed by atoms with E-state index < -0.39 is 24.3 Å². The van der Waals surface area contributed by atoms with E-state index in [1.807, 2.05) is 0 Å². The predicted octanol–water partition coefficient (Wildman–Crippen LogP) is 4.24. The van der Waals surface area contributed by atoms with Gasteiger partial charge < -0.3 is 10.1 Å². The number of aromatic nitrogens is 2. The van der Waals surface area contributed by atoms with Crippen LogP contribution in [0.2, 0.25) is 10.0 Å². The Hall–Kier alpha value is -2.12. The van der Waals surface area contributed by atoms with Gasteiger partial charge in [-0.15, -0.1) is 0 Å². The summed E-state index contributed by atoms with van der Waals surface area (Å²) >= 11 is 11.4. The standard InChI is InChI=1S/C17H16Cl2FN3O3/c18-12-8-13(19)14(20)7-11(12)17(25)26-9-16(24)22-15-5-6-21-23(15)10-3-1-2-4-10/h5-8,10H,1-4,9H2,(H,22,24). The highest BCUT2D eigenvalue weighted by Crippen LogP contribution is 2.31. The van der Waals surface area contributed by atoms with Crippen LogP contribution >= 0.6 is 23.2 Å². The van der Waals surface area contributed by atoms with Crippen molar-refractivity contribution in [2.75, 3.05) is 11.9 Å². The van der Waals surface area contributed by atoms with Gasteiger partial charge in [0.2, 0.25) is 0 Å². The van der Waals surface area contributed by atoms with Crippen LogP contribution in [-0.4, -0.2) is 28.3 Å². The van der Waals surface area contributed by atoms with Gasteiger partial charge in [-0.25, -0.2) is 13.9 Å². The predicted molar refractivity (Wildman–Crippen MR) is 95.1 cm³/mol. The van der Waals surface area contributed by atoms with Crippen LogP contribution in [-0.2, 0) is 9.53 Å². The molecule has 2 aromatic rings. The third-order valence-corrected chi connectivity index (χ3v) is 4.77. The maximum absolute atomic E-state index is 13.5. The molecule has 9 heteroatoms. The summed E-state index contributed by atoms with van der Waals surface area (Å²) in [6, 6.07) is 3.93. The molecule has 1 aromatic heterocycles. The lowest BCUT2D eigenvalue weighted by molar-refractivity contribution is -0.119. The van der Waals surface area contributed by atoms with Crippen molar-refractivity contribution in [2.24, 2.45) is 0 Å². The zero-order valence-corrected chi connectivity index (χ0v) is 15.2. The third-order valence-electron chi connectivity index (χ3n) is 4.17. The number of nitrogens with one attached hydrogen (secondary N) is 1. The number of benzene rings is 1. The molecule has 0 saturated heterocycles. The average molecular weight is 400 g/mol. The molecule has 0 atom stereocenters. The second kappa shape index (κ2) is 8.05. The molecule has 0 aliphatic heterocycles. The summed E-state index contributed by atoms with van der Waals surface area (Å²) in [6.45, 7) is -0.532. The van der Waals surface area contributed by atoms with Crippen LogP contribution in [0.15, 0.2) is 24.4 Å². The van der Waals surface area contributed by atoms with Gasteiger partial charge in [-0.05, 0) is 25.0 Å². The molecule has 1 aromatic carbocycles. The van der Waals surface area contributed by atoms with E-state index in [2.05, 4.69) is 10.4 Å². The van der Waals surface area contributed by atoms with Crippen LogP contribution < -0.4 is 5.32 Å². The van der Waals surface area contributed by atoms with Gasteiger partial charge in [-0.3, -0.25) is 4.79 Å². The fraction of sp³-hybridized carbons (Fsp3) is 0.353. The summed E-state index contributed by atoms with van der Waals surface area (Å²) in [7, 11) is 0. The molecular formula is C17H16Cl2FN3O3. The molecule has 3 rings (SSSR count). The van der Waals surface area contributed by atoms with E-state index in [4.69, 9.17) is 27.9 Å². The number of carbonyl (C=O) groups is 2. The highest BCUT2D eigenvalue weighted by Gasteiger charge is 2.21. The summed E-state index contributed by atoms with van der Waals surface area (Å²) in [5.41, 5.74) is -0.197. The Kier molecular flexibility index (Phi) is 5.78. The second-order valence-corrected chi connectivity index (χ2v) is 6.78. The Morgan fingerprint density at radius 1 is 1.27 bits per heavy atom. The van der Waals surface area contributed by atoms with Crippen LogP contribution in [0.25, 0.3) is 0 Å². The van der Waals surface area contributed by atoms with E-state index in [1.54, 1.807) is 16.9 Å². The number of carbonyl (C=O) groups excluding carboxylic acids is 2. The topological polar surface area (TPSA) is 73.2 Å². The molecule has 1 amide bonds. The fourth-order valence-electron chi connectivity index (χ4n) is 2.92. The van der Waals surface area contributed by atoms with Gasteiger partial charge in [-0.1, -0.05) is 36.0 Å². The molecule has 0 bridgehead atoms. The number of hydrogen-bond donors (Lipinski definition) is 1. The van der Waals surface area contributed by atoms with Crippen molar-refractivity contribution in [3.05, 3.63) is 45.8 Å². The third kappa shape index (κ3) is 4.16. The first-order chi connectivity index (χ1) is 12.5. The quantitative estimate of drug-likeness (QED) is 0.602. The summed E-state index contributed by atoms with van der Waals surface area (Å²) in [5, 5.41) is 6.65. The minimum Gasteiger partial charge on any atom is -0.452 e. The lowest BCUT2D eigenvalue weighted by atomic mass is 10.2. The maximum Gasteiger partial charge on any atom is 0.340 e. The summed E-state index contributed by atoms with van der Waals surface area (Å²) in [4.78, 5) is 24.1. The van der Waals surface area contributed by atoms with Crippen LogP contribution in [0.5, 0.6) is 0 Å². The van der Waals surface area contributed by atoms with Gasteiger partial charge in [0.1, 0.15) is 11.6 Å². The van der Waals surface area contributed by atoms with Gasteiger partial charge in [0.05, 0.1) is 27.8 Å². The van der Waals surface area contributed by atoms with Crippen molar-refractivity contribution in [1.82, 2.24) is 9.78 Å². The van der Waals surface area contributed by atoms with Gasteiger partial charge in [-0.2, -0.15) is 5.10 Å². The first kappa shape index (κ1) is 18.7. The molecule has 26 heavy (non-hydrogen) atoms. The highest BCUT2D eigenvalue weighted by atomic mass is 35.5. The van der Waals surface area contributed by atoms with Crippen molar-refractivity contribution in [2.45, 2.75) is 31.7 Å². The number of nitrogens with zero attached hydrogens (tertiary/aromatic N) is 2. The zero-order valence-electron chi connectivity index (χ0n) is 13.7. The Morgan fingerprint density at radius 2 is 2.00 bits per heavy atom. The average Bonchev–Trinajstić information content (AvgIpc) is 3.27. The molecule has 0 unspecified atom stereocenters. The minimum atomic E-state index is -0.912. The smallest absolute Gasteiger partial charge is 0.340 e. The Morgan fingerprint density at radius 3 is 2.73 bits per heavy atom. The molecule has 1 fully saturated rings. The number of amides is 1. The molecule has 6 nitrogen and oxygen atoms in total. The number of rotatable bonds is 5. The second-order valence-electron chi connectivity index (χ2n) is 5.97. The summed E-state index contributed by atoms with van der Waals surface area (Å²) in [6.07, 6.45) is 5.90. The van der Waals surface area contributed by atoms with Gasteiger partial charge in [0.25, 0.3) is 5.91 Å².